The lowest BCUT2D eigenvalue weighted by atomic mass is 10.00. The van der Waals surface area contributed by atoms with E-state index >= 15 is 0 Å². The first-order valence-electron chi connectivity index (χ1n) is 20.8. The van der Waals surface area contributed by atoms with E-state index in [0.29, 0.717) is 19.3 Å². The third kappa shape index (κ3) is 34.3. The molecule has 0 aromatic rings. The Balaban J connectivity index is 4.37. The van der Waals surface area contributed by atoms with Crippen LogP contribution in [0.15, 0.2) is 0 Å². The van der Waals surface area contributed by atoms with E-state index in [1.54, 1.807) is 0 Å². The highest BCUT2D eigenvalue weighted by Crippen LogP contribution is 2.16. The Hall–Kier alpha value is -1.59. The van der Waals surface area contributed by atoms with Crippen molar-refractivity contribution >= 4 is 17.9 Å². The van der Waals surface area contributed by atoms with Gasteiger partial charge in [-0.25, -0.2) is 0 Å². The molecule has 1 unspecified atom stereocenters. The molecule has 0 spiro atoms. The van der Waals surface area contributed by atoms with Gasteiger partial charge < -0.3 is 14.2 Å². The van der Waals surface area contributed by atoms with Crippen LogP contribution in [0.4, 0.5) is 0 Å². The number of rotatable bonds is 36. The molecule has 0 rings (SSSR count). The summed E-state index contributed by atoms with van der Waals surface area (Å²) in [6, 6.07) is 0. The quantitative estimate of drug-likeness (QED) is 0.0372. The van der Waals surface area contributed by atoms with Crippen molar-refractivity contribution in [3.8, 4) is 0 Å². The second-order valence-corrected chi connectivity index (χ2v) is 15.0. The van der Waals surface area contributed by atoms with Gasteiger partial charge in [-0.15, -0.1) is 0 Å². The first-order valence-corrected chi connectivity index (χ1v) is 20.8. The molecule has 0 bridgehead atoms. The third-order valence-corrected chi connectivity index (χ3v) is 9.58. The van der Waals surface area contributed by atoms with Gasteiger partial charge in [-0.2, -0.15) is 0 Å². The molecule has 0 aliphatic rings. The molecule has 284 valence electrons. The number of ether oxygens (including phenoxy) is 3. The van der Waals surface area contributed by atoms with Crippen LogP contribution in [0.3, 0.4) is 0 Å². The Labute approximate surface area is 298 Å². The van der Waals surface area contributed by atoms with Crippen LogP contribution >= 0.6 is 0 Å². The first kappa shape index (κ1) is 46.4. The van der Waals surface area contributed by atoms with Crippen molar-refractivity contribution in [1.29, 1.82) is 0 Å². The minimum absolute atomic E-state index is 0.0671. The van der Waals surface area contributed by atoms with Crippen LogP contribution in [0.5, 0.6) is 0 Å². The summed E-state index contributed by atoms with van der Waals surface area (Å²) in [5.41, 5.74) is 0. The first-order chi connectivity index (χ1) is 23.3. The summed E-state index contributed by atoms with van der Waals surface area (Å²) in [6.07, 6.45) is 31.0. The summed E-state index contributed by atoms with van der Waals surface area (Å²) >= 11 is 0. The Morgan fingerprint density at radius 1 is 0.438 bits per heavy atom. The maximum atomic E-state index is 12.6. The summed E-state index contributed by atoms with van der Waals surface area (Å²) in [7, 11) is 0. The highest BCUT2D eigenvalue weighted by molar-refractivity contribution is 5.71. The smallest absolute Gasteiger partial charge is 0.306 e. The molecular weight excluding hydrogens is 600 g/mol. The number of esters is 3. The average molecular weight is 681 g/mol. The molecule has 0 radical (unpaired) electrons. The van der Waals surface area contributed by atoms with Crippen LogP contribution in [-0.4, -0.2) is 37.2 Å². The summed E-state index contributed by atoms with van der Waals surface area (Å²) in [5, 5.41) is 0. The molecule has 0 heterocycles. The predicted molar refractivity (Wildman–Crippen MR) is 201 cm³/mol. The molecule has 6 nitrogen and oxygen atoms in total. The Morgan fingerprint density at radius 2 is 0.792 bits per heavy atom. The van der Waals surface area contributed by atoms with Crippen LogP contribution in [0.2, 0.25) is 0 Å². The number of hydrogen-bond acceptors (Lipinski definition) is 6. The molecule has 0 saturated carbocycles. The third-order valence-electron chi connectivity index (χ3n) is 9.58. The average Bonchev–Trinajstić information content (AvgIpc) is 3.06. The highest BCUT2D eigenvalue weighted by atomic mass is 16.6. The van der Waals surface area contributed by atoms with Gasteiger partial charge in [0.15, 0.2) is 6.10 Å². The minimum atomic E-state index is -0.759. The molecule has 6 heteroatoms. The lowest BCUT2D eigenvalue weighted by Gasteiger charge is -2.18. The van der Waals surface area contributed by atoms with Crippen molar-refractivity contribution in [3.05, 3.63) is 0 Å². The topological polar surface area (TPSA) is 78.9 Å². The fourth-order valence-corrected chi connectivity index (χ4v) is 6.01. The number of unbranched alkanes of at least 4 members (excludes halogenated alkanes) is 20. The Morgan fingerprint density at radius 3 is 1.19 bits per heavy atom. The molecule has 0 aromatic heterocycles. The minimum Gasteiger partial charge on any atom is -0.462 e. The number of carbonyl (C=O) groups is 3. The van der Waals surface area contributed by atoms with Gasteiger partial charge in [0.2, 0.25) is 0 Å². The largest absolute Gasteiger partial charge is 0.462 e. The summed E-state index contributed by atoms with van der Waals surface area (Å²) < 4.78 is 16.6. The van der Waals surface area contributed by atoms with Crippen molar-refractivity contribution < 1.29 is 28.6 Å². The van der Waals surface area contributed by atoms with Crippen molar-refractivity contribution in [1.82, 2.24) is 0 Å². The normalized spacial score (nSPS) is 12.6. The van der Waals surface area contributed by atoms with E-state index in [1.165, 1.54) is 109 Å². The van der Waals surface area contributed by atoms with Gasteiger partial charge in [0.25, 0.3) is 0 Å². The zero-order chi connectivity index (χ0) is 35.5. The molecule has 0 aromatic carbocycles. The molecule has 0 aliphatic carbocycles. The lowest BCUT2D eigenvalue weighted by molar-refractivity contribution is -0.167. The van der Waals surface area contributed by atoms with Gasteiger partial charge >= 0.3 is 17.9 Å². The predicted octanol–water partition coefficient (Wildman–Crippen LogP) is 12.6. The highest BCUT2D eigenvalue weighted by Gasteiger charge is 2.19. The summed E-state index contributed by atoms with van der Waals surface area (Å²) in [6.45, 7) is 11.2. The molecule has 2 atom stereocenters. The van der Waals surface area contributed by atoms with Crippen molar-refractivity contribution in [2.24, 2.45) is 11.8 Å². The van der Waals surface area contributed by atoms with Crippen LogP contribution in [0.25, 0.3) is 0 Å². The van der Waals surface area contributed by atoms with E-state index in [0.717, 1.165) is 69.6 Å². The lowest BCUT2D eigenvalue weighted by Crippen LogP contribution is -2.30. The van der Waals surface area contributed by atoms with E-state index in [2.05, 4.69) is 34.6 Å². The van der Waals surface area contributed by atoms with Gasteiger partial charge in [0, 0.05) is 19.3 Å². The molecule has 0 amide bonds. The molecule has 0 saturated heterocycles. The molecule has 0 aliphatic heterocycles. The second-order valence-electron chi connectivity index (χ2n) is 15.0. The fraction of sp³-hybridized carbons (Fsp3) is 0.929. The van der Waals surface area contributed by atoms with Gasteiger partial charge in [-0.3, -0.25) is 14.4 Å². The molecule has 48 heavy (non-hydrogen) atoms. The Bertz CT molecular complexity index is 736. The SMILES string of the molecule is CCCCCCCCCCCCC(=O)O[C@@H](COC(=O)CCCCCCCCCC(C)C)COC(=O)CCCCCCCCC(C)CC. The van der Waals surface area contributed by atoms with E-state index in [-0.39, 0.29) is 31.1 Å². The summed E-state index contributed by atoms with van der Waals surface area (Å²) in [4.78, 5) is 37.5. The van der Waals surface area contributed by atoms with Crippen molar-refractivity contribution in [2.45, 2.75) is 227 Å². The Kier molecular flexibility index (Phi) is 34.1. The van der Waals surface area contributed by atoms with Crippen LogP contribution in [-0.2, 0) is 28.6 Å². The fourth-order valence-electron chi connectivity index (χ4n) is 6.01. The maximum absolute atomic E-state index is 12.6. The number of carbonyl (C=O) groups excluding carboxylic acids is 3. The van der Waals surface area contributed by atoms with E-state index in [4.69, 9.17) is 14.2 Å². The van der Waals surface area contributed by atoms with Gasteiger partial charge in [0.05, 0.1) is 0 Å². The zero-order valence-electron chi connectivity index (χ0n) is 32.6. The second kappa shape index (κ2) is 35.2. The van der Waals surface area contributed by atoms with Crippen LogP contribution in [0.1, 0.15) is 221 Å². The molecule has 0 fully saturated rings. The van der Waals surface area contributed by atoms with E-state index in [9.17, 15) is 14.4 Å². The number of hydrogen-bond donors (Lipinski definition) is 0. The van der Waals surface area contributed by atoms with Gasteiger partial charge in [-0.05, 0) is 31.1 Å². The molecular formula is C42H80O6. The standard InChI is InChI=1S/C42H80O6/c1-6-8-9-10-11-12-13-16-24-29-34-42(45)48-39(35-46-40(43)32-27-22-17-14-15-20-25-30-37(3)4)36-47-41(44)33-28-23-19-18-21-26-31-38(5)7-2/h37-39H,6-36H2,1-5H3/t38?,39-/m0/s1. The van der Waals surface area contributed by atoms with Gasteiger partial charge in [-0.1, -0.05) is 182 Å². The summed E-state index contributed by atoms with van der Waals surface area (Å²) in [5.74, 6) is 0.726. The molecule has 0 N–H and O–H groups in total. The van der Waals surface area contributed by atoms with Crippen LogP contribution in [0, 0.1) is 11.8 Å². The van der Waals surface area contributed by atoms with Crippen LogP contribution < -0.4 is 0 Å². The van der Waals surface area contributed by atoms with E-state index in [1.807, 2.05) is 0 Å². The zero-order valence-corrected chi connectivity index (χ0v) is 32.6. The van der Waals surface area contributed by atoms with E-state index < -0.39 is 6.10 Å². The van der Waals surface area contributed by atoms with Crippen molar-refractivity contribution in [3.63, 3.8) is 0 Å². The maximum Gasteiger partial charge on any atom is 0.306 e. The van der Waals surface area contributed by atoms with Gasteiger partial charge in [0.1, 0.15) is 13.2 Å². The van der Waals surface area contributed by atoms with Crippen molar-refractivity contribution in [2.75, 3.05) is 13.2 Å². The monoisotopic (exact) mass is 681 g/mol.